The number of nitrogens with two attached hydrogens (primary N) is 1. The Morgan fingerprint density at radius 1 is 1.19 bits per heavy atom. The molecule has 27 heavy (non-hydrogen) atoms. The molecule has 0 saturated heterocycles. The second-order valence-corrected chi connectivity index (χ2v) is 6.73. The van der Waals surface area contributed by atoms with Crippen LogP contribution in [0.2, 0.25) is 0 Å². The van der Waals surface area contributed by atoms with Gasteiger partial charge in [0.2, 0.25) is 0 Å². The number of imidazole rings is 1. The first-order valence-electron chi connectivity index (χ1n) is 8.69. The molecule has 8 heteroatoms. The summed E-state index contributed by atoms with van der Waals surface area (Å²) < 4.78 is 7.31. The molecule has 1 aromatic carbocycles. The number of aromatic nitrogens is 3. The summed E-state index contributed by atoms with van der Waals surface area (Å²) in [6.07, 6.45) is 0. The van der Waals surface area contributed by atoms with Crippen molar-refractivity contribution in [3.63, 3.8) is 0 Å². The fourth-order valence-electron chi connectivity index (χ4n) is 3.02. The van der Waals surface area contributed by atoms with Crippen LogP contribution in [0.1, 0.15) is 17.1 Å². The first-order chi connectivity index (χ1) is 12.9. The van der Waals surface area contributed by atoms with Gasteiger partial charge in [0.25, 0.3) is 0 Å². The van der Waals surface area contributed by atoms with E-state index in [2.05, 4.69) is 25.2 Å². The van der Waals surface area contributed by atoms with Crippen molar-refractivity contribution in [1.29, 1.82) is 0 Å². The number of fused-ring (bicyclic) bond motifs is 1. The van der Waals surface area contributed by atoms with Gasteiger partial charge < -0.3 is 25.7 Å². The highest BCUT2D eigenvalue weighted by molar-refractivity contribution is 7.80. The third-order valence-electron chi connectivity index (χ3n) is 4.56. The molecule has 142 valence electrons. The maximum atomic E-state index is 6.05. The summed E-state index contributed by atoms with van der Waals surface area (Å²) in [5.41, 5.74) is 10.8. The molecule has 0 bridgehead atoms. The van der Waals surface area contributed by atoms with Gasteiger partial charge in [-0.25, -0.2) is 9.97 Å². The van der Waals surface area contributed by atoms with E-state index < -0.39 is 0 Å². The largest absolute Gasteiger partial charge is 0.497 e. The monoisotopic (exact) mass is 384 g/mol. The summed E-state index contributed by atoms with van der Waals surface area (Å²) >= 11 is 5.38. The summed E-state index contributed by atoms with van der Waals surface area (Å²) in [7, 11) is 1.64. The molecular formula is C19H24N6OS. The molecule has 7 nitrogen and oxygen atoms in total. The summed E-state index contributed by atoms with van der Waals surface area (Å²) in [5.74, 6) is 2.18. The molecule has 2 heterocycles. The van der Waals surface area contributed by atoms with Crippen LogP contribution >= 0.6 is 12.2 Å². The number of anilines is 2. The van der Waals surface area contributed by atoms with Crippen LogP contribution < -0.4 is 21.1 Å². The highest BCUT2D eigenvalue weighted by Crippen LogP contribution is 2.25. The number of nitrogen functional groups attached to an aromatic ring is 1. The molecule has 0 saturated carbocycles. The zero-order valence-electron chi connectivity index (χ0n) is 16.0. The number of methoxy groups -OCH3 is 1. The number of hydrogen-bond donors (Lipinski definition) is 3. The lowest BCUT2D eigenvalue weighted by Gasteiger charge is -2.13. The Bertz CT molecular complexity index is 980. The van der Waals surface area contributed by atoms with Crippen LogP contribution in [0.15, 0.2) is 24.3 Å². The number of benzene rings is 1. The van der Waals surface area contributed by atoms with E-state index in [0.717, 1.165) is 46.1 Å². The highest BCUT2D eigenvalue weighted by atomic mass is 32.1. The van der Waals surface area contributed by atoms with Crippen LogP contribution in [0.25, 0.3) is 11.0 Å². The molecule has 3 aromatic rings. The Balaban J connectivity index is 1.66. The number of nitrogens with one attached hydrogen (secondary N) is 2. The Kier molecular flexibility index (Phi) is 5.46. The number of hydrogen-bond acceptors (Lipinski definition) is 5. The van der Waals surface area contributed by atoms with Crippen molar-refractivity contribution in [3.05, 3.63) is 41.3 Å². The lowest BCUT2D eigenvalue weighted by molar-refractivity contribution is 0.415. The number of rotatable bonds is 5. The molecule has 2 aromatic heterocycles. The zero-order valence-corrected chi connectivity index (χ0v) is 16.8. The maximum absolute atomic E-state index is 6.05. The fraction of sp³-hybridized carbons (Fsp3) is 0.316. The Morgan fingerprint density at radius 2 is 1.89 bits per heavy atom. The van der Waals surface area contributed by atoms with Crippen molar-refractivity contribution < 1.29 is 4.74 Å². The minimum absolute atomic E-state index is 0.472. The lowest BCUT2D eigenvalue weighted by Crippen LogP contribution is -2.31. The Morgan fingerprint density at radius 3 is 2.56 bits per heavy atom. The van der Waals surface area contributed by atoms with E-state index >= 15 is 0 Å². The molecule has 0 aliphatic rings. The summed E-state index contributed by atoms with van der Waals surface area (Å²) in [6, 6.07) is 7.61. The molecule has 0 aliphatic carbocycles. The SMILES string of the molecule is COc1ccc(NC(=S)NCCn2c(C)nc3c(N)nc(C)c(C)c32)cc1. The van der Waals surface area contributed by atoms with Crippen LogP contribution in [-0.4, -0.2) is 33.3 Å². The first-order valence-corrected chi connectivity index (χ1v) is 9.10. The van der Waals surface area contributed by atoms with Gasteiger partial charge in [0.15, 0.2) is 10.9 Å². The van der Waals surface area contributed by atoms with Crippen molar-refractivity contribution in [3.8, 4) is 5.75 Å². The predicted molar refractivity (Wildman–Crippen MR) is 113 cm³/mol. The average molecular weight is 385 g/mol. The zero-order chi connectivity index (χ0) is 19.6. The average Bonchev–Trinajstić information content (AvgIpc) is 2.98. The van der Waals surface area contributed by atoms with Gasteiger partial charge in [-0.15, -0.1) is 0 Å². The Hall–Kier alpha value is -2.87. The molecule has 0 radical (unpaired) electrons. The van der Waals surface area contributed by atoms with E-state index in [-0.39, 0.29) is 0 Å². The number of nitrogens with zero attached hydrogens (tertiary/aromatic N) is 3. The van der Waals surface area contributed by atoms with Crippen molar-refractivity contribution in [2.24, 2.45) is 0 Å². The number of pyridine rings is 1. The van der Waals surface area contributed by atoms with Crippen LogP contribution in [0.3, 0.4) is 0 Å². The van der Waals surface area contributed by atoms with Gasteiger partial charge in [0.05, 0.1) is 12.6 Å². The minimum atomic E-state index is 0.472. The van der Waals surface area contributed by atoms with Gasteiger partial charge in [-0.05, 0) is 62.8 Å². The standard InChI is InChI=1S/C19H24N6OS/c1-11-12(2)22-18(20)16-17(11)25(13(3)23-16)10-9-21-19(27)24-14-5-7-15(26-4)8-6-14/h5-8H,9-10H2,1-4H3,(H2,20,22)(H2,21,24,27). The quantitative estimate of drug-likeness (QED) is 0.583. The smallest absolute Gasteiger partial charge is 0.170 e. The maximum Gasteiger partial charge on any atom is 0.170 e. The molecular weight excluding hydrogens is 360 g/mol. The van der Waals surface area contributed by atoms with Gasteiger partial charge in [0.1, 0.15) is 17.1 Å². The third kappa shape index (κ3) is 3.95. The molecule has 0 aliphatic heterocycles. The fourth-order valence-corrected chi connectivity index (χ4v) is 3.24. The molecule has 4 N–H and O–H groups in total. The van der Waals surface area contributed by atoms with Gasteiger partial charge in [-0.1, -0.05) is 0 Å². The summed E-state index contributed by atoms with van der Waals surface area (Å²) in [4.78, 5) is 8.95. The Labute approximate surface area is 163 Å². The van der Waals surface area contributed by atoms with Crippen molar-refractivity contribution in [2.45, 2.75) is 27.3 Å². The van der Waals surface area contributed by atoms with E-state index in [4.69, 9.17) is 22.7 Å². The van der Waals surface area contributed by atoms with E-state index in [1.165, 1.54) is 0 Å². The first kappa shape index (κ1) is 18.9. The van der Waals surface area contributed by atoms with E-state index in [0.29, 0.717) is 17.5 Å². The predicted octanol–water partition coefficient (Wildman–Crippen LogP) is 2.93. The van der Waals surface area contributed by atoms with Crippen LogP contribution in [0.4, 0.5) is 11.5 Å². The lowest BCUT2D eigenvalue weighted by atomic mass is 10.2. The topological polar surface area (TPSA) is 90.0 Å². The van der Waals surface area contributed by atoms with Gasteiger partial charge >= 0.3 is 0 Å². The van der Waals surface area contributed by atoms with Crippen molar-refractivity contribution >= 4 is 39.9 Å². The summed E-state index contributed by atoms with van der Waals surface area (Å²) in [5, 5.41) is 6.96. The molecule has 0 unspecified atom stereocenters. The molecule has 3 rings (SSSR count). The van der Waals surface area contributed by atoms with E-state index in [9.17, 15) is 0 Å². The normalized spacial score (nSPS) is 10.8. The van der Waals surface area contributed by atoms with E-state index in [1.807, 2.05) is 45.0 Å². The third-order valence-corrected chi connectivity index (χ3v) is 4.80. The van der Waals surface area contributed by atoms with Crippen LogP contribution in [0.5, 0.6) is 5.75 Å². The van der Waals surface area contributed by atoms with Gasteiger partial charge in [0, 0.05) is 24.5 Å². The van der Waals surface area contributed by atoms with Gasteiger partial charge in [-0.3, -0.25) is 0 Å². The highest BCUT2D eigenvalue weighted by Gasteiger charge is 2.15. The summed E-state index contributed by atoms with van der Waals surface area (Å²) in [6.45, 7) is 7.36. The number of ether oxygens (including phenoxy) is 1. The van der Waals surface area contributed by atoms with Crippen molar-refractivity contribution in [2.75, 3.05) is 24.7 Å². The number of thiocarbonyl (C=S) groups is 1. The molecule has 0 spiro atoms. The van der Waals surface area contributed by atoms with Crippen LogP contribution in [0, 0.1) is 20.8 Å². The second-order valence-electron chi connectivity index (χ2n) is 6.32. The molecule has 0 atom stereocenters. The molecule has 0 fully saturated rings. The van der Waals surface area contributed by atoms with Crippen molar-refractivity contribution in [1.82, 2.24) is 19.9 Å². The number of aryl methyl sites for hydroxylation is 3. The molecule has 0 amide bonds. The van der Waals surface area contributed by atoms with Gasteiger partial charge in [-0.2, -0.15) is 0 Å². The van der Waals surface area contributed by atoms with E-state index in [1.54, 1.807) is 7.11 Å². The second kappa shape index (κ2) is 7.79. The minimum Gasteiger partial charge on any atom is -0.497 e. The van der Waals surface area contributed by atoms with Crippen LogP contribution in [-0.2, 0) is 6.54 Å².